The molecule has 0 fully saturated rings. The number of nitrogens with one attached hydrogen (secondary N) is 3. The van der Waals surface area contributed by atoms with Crippen molar-refractivity contribution in [2.24, 2.45) is 0 Å². The Bertz CT molecular complexity index is 360. The van der Waals surface area contributed by atoms with Crippen LogP contribution in [0.2, 0.25) is 0 Å². The van der Waals surface area contributed by atoms with Crippen LogP contribution in [0.25, 0.3) is 0 Å². The number of amides is 1. The lowest BCUT2D eigenvalue weighted by atomic mass is 10.5. The van der Waals surface area contributed by atoms with Crippen molar-refractivity contribution in [1.82, 2.24) is 15.3 Å². The molecule has 1 aromatic heterocycles. The van der Waals surface area contributed by atoms with Crippen molar-refractivity contribution in [2.45, 2.75) is 6.92 Å². The number of H-pyrrole nitrogens is 1. The number of likely N-dealkylation sites (N-methyl/N-ethyl adjacent to an activating group) is 1. The maximum atomic E-state index is 11.0. The molecule has 14 heavy (non-hydrogen) atoms. The van der Waals surface area contributed by atoms with E-state index in [9.17, 15) is 9.59 Å². The first-order chi connectivity index (χ1) is 6.72. The molecule has 6 heteroatoms. The zero-order valence-electron chi connectivity index (χ0n) is 7.83. The van der Waals surface area contributed by atoms with E-state index in [1.54, 1.807) is 0 Å². The maximum absolute atomic E-state index is 11.0. The van der Waals surface area contributed by atoms with Gasteiger partial charge in [-0.1, -0.05) is 0 Å². The summed E-state index contributed by atoms with van der Waals surface area (Å²) in [5.41, 5.74) is -0.251. The molecule has 0 radical (unpaired) electrons. The minimum atomic E-state index is -0.251. The lowest BCUT2D eigenvalue weighted by Gasteiger charge is -2.04. The van der Waals surface area contributed by atoms with Gasteiger partial charge in [0.1, 0.15) is 5.82 Å². The highest BCUT2D eigenvalue weighted by molar-refractivity contribution is 5.80. The zero-order valence-corrected chi connectivity index (χ0v) is 7.83. The van der Waals surface area contributed by atoms with Crippen LogP contribution in [0.3, 0.4) is 0 Å². The second-order valence-electron chi connectivity index (χ2n) is 2.60. The summed E-state index contributed by atoms with van der Waals surface area (Å²) in [7, 11) is 0. The number of aromatic amines is 1. The molecule has 76 valence electrons. The summed E-state index contributed by atoms with van der Waals surface area (Å²) in [6, 6.07) is 1.29. The Morgan fingerprint density at radius 1 is 1.64 bits per heavy atom. The van der Waals surface area contributed by atoms with E-state index in [0.29, 0.717) is 12.4 Å². The number of carbonyl (C=O) groups excluding carboxylic acids is 1. The number of hydrogen-bond acceptors (Lipinski definition) is 4. The van der Waals surface area contributed by atoms with Gasteiger partial charge in [0.25, 0.3) is 5.56 Å². The van der Waals surface area contributed by atoms with Crippen LogP contribution in [0, 0.1) is 0 Å². The van der Waals surface area contributed by atoms with Gasteiger partial charge in [0.2, 0.25) is 5.91 Å². The number of anilines is 1. The van der Waals surface area contributed by atoms with Crippen LogP contribution in [0.1, 0.15) is 6.92 Å². The molecule has 0 aliphatic rings. The Kier molecular flexibility index (Phi) is 3.66. The van der Waals surface area contributed by atoms with Gasteiger partial charge in [0, 0.05) is 12.6 Å². The van der Waals surface area contributed by atoms with E-state index in [1.807, 2.05) is 6.92 Å². The predicted molar refractivity (Wildman–Crippen MR) is 52.0 cm³/mol. The average Bonchev–Trinajstić information content (AvgIpc) is 2.15. The standard InChI is InChI=1S/C8H12N4O2/c1-2-9-8(14)4-10-6-3-7(13)12-5-11-6/h3,5H,2,4H2,1H3,(H,9,14)(H2,10,11,12,13). The molecule has 0 atom stereocenters. The molecule has 0 aromatic carbocycles. The second kappa shape index (κ2) is 5.00. The van der Waals surface area contributed by atoms with Crippen molar-refractivity contribution < 1.29 is 4.79 Å². The molecule has 6 nitrogen and oxygen atoms in total. The third kappa shape index (κ3) is 3.26. The highest BCUT2D eigenvalue weighted by Gasteiger charge is 1.99. The summed E-state index contributed by atoms with van der Waals surface area (Å²) in [6.07, 6.45) is 1.28. The summed E-state index contributed by atoms with van der Waals surface area (Å²) < 4.78 is 0. The minimum absolute atomic E-state index is 0.115. The maximum Gasteiger partial charge on any atom is 0.252 e. The van der Waals surface area contributed by atoms with E-state index >= 15 is 0 Å². The SMILES string of the molecule is CCNC(=O)CNc1cc(=O)[nH]cn1. The largest absolute Gasteiger partial charge is 0.361 e. The Labute approximate surface area is 80.8 Å². The molecule has 0 spiro atoms. The molecule has 1 rings (SSSR count). The molecule has 0 aliphatic carbocycles. The van der Waals surface area contributed by atoms with E-state index < -0.39 is 0 Å². The smallest absolute Gasteiger partial charge is 0.252 e. The Hall–Kier alpha value is -1.85. The lowest BCUT2D eigenvalue weighted by Crippen LogP contribution is -2.29. The summed E-state index contributed by atoms with van der Waals surface area (Å²) in [5.74, 6) is 0.259. The van der Waals surface area contributed by atoms with Crippen molar-refractivity contribution in [1.29, 1.82) is 0 Å². The number of aromatic nitrogens is 2. The quantitative estimate of drug-likeness (QED) is 0.595. The molecule has 0 bridgehead atoms. The molecule has 1 aromatic rings. The van der Waals surface area contributed by atoms with E-state index in [0.717, 1.165) is 0 Å². The molecule has 0 saturated heterocycles. The highest BCUT2D eigenvalue weighted by atomic mass is 16.2. The molecular formula is C8H12N4O2. The van der Waals surface area contributed by atoms with Crippen molar-refractivity contribution in [3.05, 3.63) is 22.7 Å². The molecule has 1 amide bonds. The number of hydrogen-bond donors (Lipinski definition) is 3. The van der Waals surface area contributed by atoms with Crippen LogP contribution in [-0.4, -0.2) is 29.0 Å². The predicted octanol–water partition coefficient (Wildman–Crippen LogP) is -0.682. The van der Waals surface area contributed by atoms with Crippen LogP contribution in [0.4, 0.5) is 5.82 Å². The van der Waals surface area contributed by atoms with Crippen molar-refractivity contribution in [3.8, 4) is 0 Å². The lowest BCUT2D eigenvalue weighted by molar-refractivity contribution is -0.119. The van der Waals surface area contributed by atoms with Gasteiger partial charge in [-0.05, 0) is 6.92 Å². The number of rotatable bonds is 4. The molecule has 0 saturated carbocycles. The molecule has 0 aliphatic heterocycles. The van der Waals surface area contributed by atoms with E-state index in [4.69, 9.17) is 0 Å². The first-order valence-corrected chi connectivity index (χ1v) is 4.27. The van der Waals surface area contributed by atoms with Gasteiger partial charge in [-0.2, -0.15) is 0 Å². The summed E-state index contributed by atoms with van der Waals surface area (Å²) in [5, 5.41) is 5.34. The highest BCUT2D eigenvalue weighted by Crippen LogP contribution is 1.92. The summed E-state index contributed by atoms with van der Waals surface area (Å²) in [6.45, 7) is 2.54. The summed E-state index contributed by atoms with van der Waals surface area (Å²) >= 11 is 0. The first kappa shape index (κ1) is 10.2. The fourth-order valence-electron chi connectivity index (χ4n) is 0.896. The first-order valence-electron chi connectivity index (χ1n) is 4.27. The monoisotopic (exact) mass is 196 g/mol. The van der Waals surface area contributed by atoms with E-state index in [2.05, 4.69) is 20.6 Å². The third-order valence-electron chi connectivity index (χ3n) is 1.48. The molecular weight excluding hydrogens is 184 g/mol. The number of nitrogens with zero attached hydrogens (tertiary/aromatic N) is 1. The van der Waals surface area contributed by atoms with Crippen LogP contribution in [0.5, 0.6) is 0 Å². The average molecular weight is 196 g/mol. The van der Waals surface area contributed by atoms with Gasteiger partial charge >= 0.3 is 0 Å². The van der Waals surface area contributed by atoms with E-state index in [1.165, 1.54) is 12.4 Å². The van der Waals surface area contributed by atoms with E-state index in [-0.39, 0.29) is 18.0 Å². The fraction of sp³-hybridized carbons (Fsp3) is 0.375. The van der Waals surface area contributed by atoms with Gasteiger partial charge < -0.3 is 15.6 Å². The van der Waals surface area contributed by atoms with Crippen molar-refractivity contribution >= 4 is 11.7 Å². The van der Waals surface area contributed by atoms with Crippen LogP contribution < -0.4 is 16.2 Å². The van der Waals surface area contributed by atoms with Gasteiger partial charge in [0.15, 0.2) is 0 Å². The second-order valence-corrected chi connectivity index (χ2v) is 2.60. The number of carbonyl (C=O) groups is 1. The van der Waals surface area contributed by atoms with Crippen LogP contribution >= 0.6 is 0 Å². The molecule has 1 heterocycles. The van der Waals surface area contributed by atoms with Gasteiger partial charge in [-0.3, -0.25) is 9.59 Å². The van der Waals surface area contributed by atoms with Gasteiger partial charge in [-0.15, -0.1) is 0 Å². The Morgan fingerprint density at radius 3 is 3.07 bits per heavy atom. The molecule has 0 unspecified atom stereocenters. The van der Waals surface area contributed by atoms with Crippen molar-refractivity contribution in [2.75, 3.05) is 18.4 Å². The Morgan fingerprint density at radius 2 is 2.43 bits per heavy atom. The minimum Gasteiger partial charge on any atom is -0.361 e. The topological polar surface area (TPSA) is 86.9 Å². The molecule has 3 N–H and O–H groups in total. The van der Waals surface area contributed by atoms with Crippen LogP contribution in [-0.2, 0) is 4.79 Å². The van der Waals surface area contributed by atoms with Gasteiger partial charge in [-0.25, -0.2) is 4.98 Å². The van der Waals surface area contributed by atoms with Crippen molar-refractivity contribution in [3.63, 3.8) is 0 Å². The zero-order chi connectivity index (χ0) is 10.4. The van der Waals surface area contributed by atoms with Crippen LogP contribution in [0.15, 0.2) is 17.2 Å². The normalized spacial score (nSPS) is 9.50. The third-order valence-corrected chi connectivity index (χ3v) is 1.48. The summed E-state index contributed by atoms with van der Waals surface area (Å²) in [4.78, 5) is 28.0. The fourth-order valence-corrected chi connectivity index (χ4v) is 0.896. The van der Waals surface area contributed by atoms with Gasteiger partial charge in [0.05, 0.1) is 12.9 Å². The Balaban J connectivity index is 2.46.